The van der Waals surface area contributed by atoms with Crippen LogP contribution in [-0.4, -0.2) is 22.5 Å². The molecule has 2 aromatic rings. The number of ether oxygens (including phenoxy) is 2. The monoisotopic (exact) mass is 220 g/mol. The van der Waals surface area contributed by atoms with Crippen LogP contribution in [0.2, 0.25) is 0 Å². The fourth-order valence-corrected chi connectivity index (χ4v) is 1.19. The summed E-state index contributed by atoms with van der Waals surface area (Å²) >= 11 is 0. The third-order valence-corrected chi connectivity index (χ3v) is 2.09. The summed E-state index contributed by atoms with van der Waals surface area (Å²) in [6.07, 6.45) is 0. The smallest absolute Gasteiger partial charge is 0.172 e. The van der Waals surface area contributed by atoms with Crippen LogP contribution in [0.25, 0.3) is 0 Å². The second-order valence-electron chi connectivity index (χ2n) is 3.12. The highest BCUT2D eigenvalue weighted by Crippen LogP contribution is 2.18. The molecule has 3 N–H and O–H groups in total. The van der Waals surface area contributed by atoms with Crippen molar-refractivity contribution >= 4 is 5.82 Å². The maximum absolute atomic E-state index is 5.55. The number of nitrogens with two attached hydrogens (primary N) is 1. The van der Waals surface area contributed by atoms with Crippen LogP contribution in [0.4, 0.5) is 5.82 Å². The average Bonchev–Trinajstić information content (AvgIpc) is 2.73. The van der Waals surface area contributed by atoms with E-state index in [2.05, 4.69) is 15.4 Å². The lowest BCUT2D eigenvalue weighted by atomic mass is 10.3. The van der Waals surface area contributed by atoms with Gasteiger partial charge in [0, 0.05) is 0 Å². The zero-order valence-electron chi connectivity index (χ0n) is 8.80. The van der Waals surface area contributed by atoms with Gasteiger partial charge in [-0.3, -0.25) is 0 Å². The fraction of sp³-hybridized carbons (Fsp3) is 0.200. The van der Waals surface area contributed by atoms with Gasteiger partial charge in [0.25, 0.3) is 0 Å². The molecule has 0 fully saturated rings. The third kappa shape index (κ3) is 2.22. The maximum Gasteiger partial charge on any atom is 0.172 e. The van der Waals surface area contributed by atoms with Gasteiger partial charge in [-0.15, -0.1) is 5.10 Å². The minimum atomic E-state index is 0.286. The molecule has 16 heavy (non-hydrogen) atoms. The first-order valence-corrected chi connectivity index (χ1v) is 4.71. The van der Waals surface area contributed by atoms with Gasteiger partial charge in [0.2, 0.25) is 0 Å². The van der Waals surface area contributed by atoms with Crippen molar-refractivity contribution in [3.63, 3.8) is 0 Å². The fourth-order valence-electron chi connectivity index (χ4n) is 1.19. The van der Waals surface area contributed by atoms with Gasteiger partial charge in [0.15, 0.2) is 5.82 Å². The summed E-state index contributed by atoms with van der Waals surface area (Å²) in [4.78, 5) is 0. The number of nitrogens with zero attached hydrogens (tertiary/aromatic N) is 2. The highest BCUT2D eigenvalue weighted by atomic mass is 16.5. The number of anilines is 1. The van der Waals surface area contributed by atoms with Crippen LogP contribution in [0.5, 0.6) is 11.5 Å². The van der Waals surface area contributed by atoms with E-state index in [1.54, 1.807) is 7.11 Å². The average molecular weight is 220 g/mol. The number of H-pyrrole nitrogens is 1. The number of aromatic nitrogens is 3. The van der Waals surface area contributed by atoms with Crippen LogP contribution < -0.4 is 15.2 Å². The Balaban J connectivity index is 1.97. The molecule has 0 saturated carbocycles. The minimum absolute atomic E-state index is 0.286. The van der Waals surface area contributed by atoms with Gasteiger partial charge in [-0.1, -0.05) is 0 Å². The Morgan fingerprint density at radius 3 is 2.44 bits per heavy atom. The number of rotatable bonds is 4. The second kappa shape index (κ2) is 4.52. The summed E-state index contributed by atoms with van der Waals surface area (Å²) < 4.78 is 10.5. The number of nitrogen functional groups attached to an aromatic ring is 1. The Labute approximate surface area is 92.4 Å². The Bertz CT molecular complexity index is 452. The van der Waals surface area contributed by atoms with E-state index < -0.39 is 0 Å². The summed E-state index contributed by atoms with van der Waals surface area (Å²) in [6.45, 7) is 0.286. The predicted molar refractivity (Wildman–Crippen MR) is 58.1 cm³/mol. The van der Waals surface area contributed by atoms with Gasteiger partial charge in [-0.25, -0.2) is 0 Å². The normalized spacial score (nSPS) is 10.1. The predicted octanol–water partition coefficient (Wildman–Crippen LogP) is 0.975. The molecule has 0 saturated heterocycles. The van der Waals surface area contributed by atoms with E-state index in [0.717, 1.165) is 11.5 Å². The molecule has 2 rings (SSSR count). The summed E-state index contributed by atoms with van der Waals surface area (Å²) in [5.74, 6) is 1.87. The van der Waals surface area contributed by atoms with E-state index in [1.165, 1.54) is 0 Å². The van der Waals surface area contributed by atoms with Crippen LogP contribution >= 0.6 is 0 Å². The minimum Gasteiger partial charge on any atom is -0.497 e. The van der Waals surface area contributed by atoms with Crippen LogP contribution in [0.1, 0.15) is 5.69 Å². The molecule has 0 atom stereocenters. The van der Waals surface area contributed by atoms with Gasteiger partial charge < -0.3 is 15.2 Å². The Morgan fingerprint density at radius 1 is 1.19 bits per heavy atom. The number of methoxy groups -OCH3 is 1. The molecule has 6 heteroatoms. The molecule has 0 unspecified atom stereocenters. The highest BCUT2D eigenvalue weighted by Gasteiger charge is 2.04. The number of aromatic amines is 1. The molecule has 0 radical (unpaired) electrons. The largest absolute Gasteiger partial charge is 0.497 e. The van der Waals surface area contributed by atoms with Crippen LogP contribution in [-0.2, 0) is 6.61 Å². The molecule has 84 valence electrons. The third-order valence-electron chi connectivity index (χ3n) is 2.09. The summed E-state index contributed by atoms with van der Waals surface area (Å²) in [6, 6.07) is 7.27. The number of benzene rings is 1. The quantitative estimate of drug-likeness (QED) is 0.801. The van der Waals surface area contributed by atoms with Crippen molar-refractivity contribution in [1.29, 1.82) is 0 Å². The standard InChI is InChI=1S/C10H12N4O2/c1-15-7-2-4-8(5-3-7)16-6-9-10(11)13-14-12-9/h2-5H,6H2,1H3,(H3,11,12,13,14). The van der Waals surface area contributed by atoms with Crippen molar-refractivity contribution in [3.05, 3.63) is 30.0 Å². The Hall–Kier alpha value is -2.24. The SMILES string of the molecule is COc1ccc(OCc2n[nH]nc2N)cc1. The van der Waals surface area contributed by atoms with Crippen LogP contribution in [0.3, 0.4) is 0 Å². The molecular weight excluding hydrogens is 208 g/mol. The van der Waals surface area contributed by atoms with Crippen molar-refractivity contribution in [3.8, 4) is 11.5 Å². The number of hydrogen-bond acceptors (Lipinski definition) is 5. The van der Waals surface area contributed by atoms with Gasteiger partial charge in [0.05, 0.1) is 7.11 Å². The van der Waals surface area contributed by atoms with E-state index >= 15 is 0 Å². The van der Waals surface area contributed by atoms with Gasteiger partial charge in [-0.05, 0) is 24.3 Å². The first-order chi connectivity index (χ1) is 7.79. The zero-order valence-corrected chi connectivity index (χ0v) is 8.80. The lowest BCUT2D eigenvalue weighted by molar-refractivity contribution is 0.301. The topological polar surface area (TPSA) is 86.0 Å². The van der Waals surface area contributed by atoms with E-state index in [9.17, 15) is 0 Å². The zero-order chi connectivity index (χ0) is 11.4. The number of nitrogens with one attached hydrogen (secondary N) is 1. The molecule has 0 bridgehead atoms. The van der Waals surface area contributed by atoms with E-state index in [4.69, 9.17) is 15.2 Å². The van der Waals surface area contributed by atoms with Crippen molar-refractivity contribution in [2.75, 3.05) is 12.8 Å². The molecule has 0 aliphatic heterocycles. The second-order valence-corrected chi connectivity index (χ2v) is 3.12. The highest BCUT2D eigenvalue weighted by molar-refractivity contribution is 5.33. The van der Waals surface area contributed by atoms with Crippen LogP contribution in [0.15, 0.2) is 24.3 Å². The first-order valence-electron chi connectivity index (χ1n) is 4.71. The molecule has 1 heterocycles. The molecule has 0 aliphatic rings. The lowest BCUT2D eigenvalue weighted by Gasteiger charge is -2.05. The van der Waals surface area contributed by atoms with Gasteiger partial charge in [-0.2, -0.15) is 10.3 Å². The van der Waals surface area contributed by atoms with Crippen molar-refractivity contribution < 1.29 is 9.47 Å². The summed E-state index contributed by atoms with van der Waals surface area (Å²) in [7, 11) is 1.62. The Kier molecular flexibility index (Phi) is 2.90. The van der Waals surface area contributed by atoms with E-state index in [0.29, 0.717) is 11.5 Å². The summed E-state index contributed by atoms with van der Waals surface area (Å²) in [5.41, 5.74) is 6.14. The molecular formula is C10H12N4O2. The Morgan fingerprint density at radius 2 is 1.88 bits per heavy atom. The van der Waals surface area contributed by atoms with Crippen LogP contribution in [0, 0.1) is 0 Å². The van der Waals surface area contributed by atoms with E-state index in [1.807, 2.05) is 24.3 Å². The molecule has 1 aromatic carbocycles. The molecule has 0 aliphatic carbocycles. The first kappa shape index (κ1) is 10.3. The van der Waals surface area contributed by atoms with E-state index in [-0.39, 0.29) is 6.61 Å². The van der Waals surface area contributed by atoms with Crippen molar-refractivity contribution in [1.82, 2.24) is 15.4 Å². The molecule has 1 aromatic heterocycles. The lowest BCUT2D eigenvalue weighted by Crippen LogP contribution is -1.99. The molecule has 0 amide bonds. The van der Waals surface area contributed by atoms with Gasteiger partial charge in [0.1, 0.15) is 23.8 Å². The molecule has 0 spiro atoms. The van der Waals surface area contributed by atoms with Crippen molar-refractivity contribution in [2.45, 2.75) is 6.61 Å². The summed E-state index contributed by atoms with van der Waals surface area (Å²) in [5, 5.41) is 9.98. The van der Waals surface area contributed by atoms with Crippen molar-refractivity contribution in [2.24, 2.45) is 0 Å². The number of hydrogen-bond donors (Lipinski definition) is 2. The maximum atomic E-state index is 5.55. The molecule has 6 nitrogen and oxygen atoms in total. The van der Waals surface area contributed by atoms with Gasteiger partial charge >= 0.3 is 0 Å².